The lowest BCUT2D eigenvalue weighted by atomic mass is 9.95. The van der Waals surface area contributed by atoms with Crippen molar-refractivity contribution in [1.82, 2.24) is 5.32 Å². The van der Waals surface area contributed by atoms with Crippen molar-refractivity contribution in [2.24, 2.45) is 5.92 Å². The van der Waals surface area contributed by atoms with Crippen molar-refractivity contribution >= 4 is 23.5 Å². The molecule has 4 nitrogen and oxygen atoms in total. The van der Waals surface area contributed by atoms with Crippen LogP contribution in [0.1, 0.15) is 25.5 Å². The predicted molar refractivity (Wildman–Crippen MR) is 69.6 cm³/mol. The third-order valence-electron chi connectivity index (χ3n) is 2.52. The van der Waals surface area contributed by atoms with Gasteiger partial charge in [0.15, 0.2) is 5.78 Å². The van der Waals surface area contributed by atoms with E-state index in [4.69, 9.17) is 11.6 Å². The van der Waals surface area contributed by atoms with Gasteiger partial charge in [-0.15, -0.1) is 0 Å². The molecule has 0 radical (unpaired) electrons. The third kappa shape index (κ3) is 3.47. The molecule has 1 rings (SSSR count). The van der Waals surface area contributed by atoms with Gasteiger partial charge in [-0.1, -0.05) is 43.6 Å². The minimum absolute atomic E-state index is 0.117. The summed E-state index contributed by atoms with van der Waals surface area (Å²) in [5.41, 5.74) is 0.572. The normalized spacial score (nSPS) is 12.1. The number of amides is 1. The predicted octanol–water partition coefficient (Wildman–Crippen LogP) is 2.96. The Morgan fingerprint density at radius 3 is 2.39 bits per heavy atom. The molecule has 0 saturated carbocycles. The Morgan fingerprint density at radius 2 is 1.89 bits per heavy atom. The summed E-state index contributed by atoms with van der Waals surface area (Å²) in [6, 6.07) is 6.13. The van der Waals surface area contributed by atoms with E-state index in [1.807, 2.05) is 0 Å². The lowest BCUT2D eigenvalue weighted by molar-refractivity contribution is -0.124. The number of hydrogen-bond acceptors (Lipinski definition) is 3. The first kappa shape index (κ1) is 14.5. The minimum atomic E-state index is -0.786. The fourth-order valence-corrected chi connectivity index (χ4v) is 1.77. The van der Waals surface area contributed by atoms with Crippen molar-refractivity contribution in [3.05, 3.63) is 34.9 Å². The number of ketones is 1. The Balaban J connectivity index is 3.08. The molecule has 5 heteroatoms. The number of rotatable bonds is 4. The van der Waals surface area contributed by atoms with E-state index in [-0.39, 0.29) is 11.7 Å². The largest absolute Gasteiger partial charge is 0.453 e. The van der Waals surface area contributed by atoms with Crippen LogP contribution in [0.25, 0.3) is 0 Å². The number of carbonyl (C=O) groups is 2. The summed E-state index contributed by atoms with van der Waals surface area (Å²) in [5, 5.41) is 2.95. The minimum Gasteiger partial charge on any atom is -0.453 e. The van der Waals surface area contributed by atoms with E-state index in [9.17, 15) is 9.59 Å². The van der Waals surface area contributed by atoms with Crippen molar-refractivity contribution < 1.29 is 14.3 Å². The molecule has 1 aromatic rings. The Kier molecular flexibility index (Phi) is 5.16. The van der Waals surface area contributed by atoms with Crippen LogP contribution in [0, 0.1) is 5.92 Å². The number of benzene rings is 1. The number of methoxy groups -OCH3 is 1. The molecule has 0 bridgehead atoms. The monoisotopic (exact) mass is 269 g/mol. The number of alkyl carbamates (subject to hydrolysis) is 1. The van der Waals surface area contributed by atoms with Crippen molar-refractivity contribution in [3.63, 3.8) is 0 Å². The first-order chi connectivity index (χ1) is 8.47. The number of Topliss-reactive ketones (excluding diaryl/α,β-unsaturated/α-hetero) is 1. The zero-order valence-corrected chi connectivity index (χ0v) is 11.3. The Hall–Kier alpha value is -1.55. The molecule has 1 aromatic carbocycles. The molecule has 1 amide bonds. The van der Waals surface area contributed by atoms with Crippen molar-refractivity contribution in [3.8, 4) is 0 Å². The lowest BCUT2D eigenvalue weighted by Gasteiger charge is -2.20. The van der Waals surface area contributed by atoms with Gasteiger partial charge in [0.05, 0.1) is 7.11 Å². The number of carbonyl (C=O) groups excluding carboxylic acids is 2. The number of nitrogens with one attached hydrogen (secondary N) is 1. The van der Waals surface area contributed by atoms with Gasteiger partial charge in [-0.25, -0.2) is 4.79 Å². The molecule has 0 heterocycles. The molecule has 0 fully saturated rings. The van der Waals surface area contributed by atoms with Crippen LogP contribution in [0.2, 0.25) is 5.02 Å². The molecule has 18 heavy (non-hydrogen) atoms. The fraction of sp³-hybridized carbons (Fsp3) is 0.385. The molecule has 1 unspecified atom stereocenters. The van der Waals surface area contributed by atoms with E-state index in [1.54, 1.807) is 38.1 Å². The maximum absolute atomic E-state index is 12.1. The summed E-state index contributed by atoms with van der Waals surface area (Å²) < 4.78 is 4.53. The van der Waals surface area contributed by atoms with E-state index in [0.717, 1.165) is 0 Å². The van der Waals surface area contributed by atoms with Gasteiger partial charge in [-0.3, -0.25) is 4.79 Å². The molecular weight excluding hydrogens is 254 g/mol. The van der Waals surface area contributed by atoms with Crippen LogP contribution in [-0.4, -0.2) is 19.0 Å². The Labute approximate surface area is 111 Å². The van der Waals surface area contributed by atoms with Crippen LogP contribution in [0.15, 0.2) is 24.3 Å². The van der Waals surface area contributed by atoms with Gasteiger partial charge in [0, 0.05) is 16.5 Å². The average Bonchev–Trinajstić information content (AvgIpc) is 2.35. The maximum Gasteiger partial charge on any atom is 0.407 e. The first-order valence-corrected chi connectivity index (χ1v) is 5.97. The zero-order chi connectivity index (χ0) is 13.7. The molecule has 98 valence electrons. The molecule has 0 spiro atoms. The van der Waals surface area contributed by atoms with Crippen LogP contribution in [0.4, 0.5) is 4.79 Å². The van der Waals surface area contributed by atoms with Gasteiger partial charge in [0.25, 0.3) is 0 Å². The van der Waals surface area contributed by atoms with Crippen LogP contribution in [-0.2, 0) is 9.53 Å². The highest BCUT2D eigenvalue weighted by Gasteiger charge is 2.26. The van der Waals surface area contributed by atoms with Crippen LogP contribution in [0.3, 0.4) is 0 Å². The van der Waals surface area contributed by atoms with Crippen molar-refractivity contribution in [2.75, 3.05) is 7.11 Å². The second kappa shape index (κ2) is 6.40. The second-order valence-corrected chi connectivity index (χ2v) is 4.55. The van der Waals surface area contributed by atoms with Gasteiger partial charge in [0.1, 0.15) is 6.04 Å². The quantitative estimate of drug-likeness (QED) is 0.914. The molecule has 0 saturated heterocycles. The third-order valence-corrected chi connectivity index (χ3v) is 2.86. The SMILES string of the molecule is COC(=O)NC(C(=O)C(C)C)c1ccccc1Cl. The highest BCUT2D eigenvalue weighted by Crippen LogP contribution is 2.25. The number of ether oxygens (including phenoxy) is 1. The van der Waals surface area contributed by atoms with Gasteiger partial charge >= 0.3 is 6.09 Å². The van der Waals surface area contributed by atoms with Crippen molar-refractivity contribution in [2.45, 2.75) is 19.9 Å². The van der Waals surface area contributed by atoms with Gasteiger partial charge in [-0.2, -0.15) is 0 Å². The molecule has 0 aliphatic heterocycles. The van der Waals surface area contributed by atoms with E-state index < -0.39 is 12.1 Å². The summed E-state index contributed by atoms with van der Waals surface area (Å²) in [6.07, 6.45) is -0.658. The summed E-state index contributed by atoms with van der Waals surface area (Å²) in [7, 11) is 1.25. The van der Waals surface area contributed by atoms with Crippen LogP contribution >= 0.6 is 11.6 Å². The Morgan fingerprint density at radius 1 is 1.28 bits per heavy atom. The smallest absolute Gasteiger partial charge is 0.407 e. The standard InChI is InChI=1S/C13H16ClNO3/c1-8(2)12(16)11(15-13(17)18-3)9-6-4-5-7-10(9)14/h4-8,11H,1-3H3,(H,15,17). The maximum atomic E-state index is 12.1. The summed E-state index contributed by atoms with van der Waals surface area (Å²) >= 11 is 6.05. The zero-order valence-electron chi connectivity index (χ0n) is 10.6. The molecule has 0 aliphatic rings. The van der Waals surface area contributed by atoms with Gasteiger partial charge in [-0.05, 0) is 6.07 Å². The van der Waals surface area contributed by atoms with E-state index >= 15 is 0 Å². The van der Waals surface area contributed by atoms with E-state index in [1.165, 1.54) is 7.11 Å². The van der Waals surface area contributed by atoms with Crippen LogP contribution < -0.4 is 5.32 Å². The fourth-order valence-electron chi connectivity index (χ4n) is 1.52. The van der Waals surface area contributed by atoms with E-state index in [2.05, 4.69) is 10.1 Å². The highest BCUT2D eigenvalue weighted by atomic mass is 35.5. The topological polar surface area (TPSA) is 55.4 Å². The number of hydrogen-bond donors (Lipinski definition) is 1. The summed E-state index contributed by atoms with van der Waals surface area (Å²) in [6.45, 7) is 3.54. The average molecular weight is 270 g/mol. The molecule has 1 atom stereocenters. The Bertz CT molecular complexity index is 446. The summed E-state index contributed by atoms with van der Waals surface area (Å²) in [4.78, 5) is 23.4. The molecular formula is C13H16ClNO3. The number of halogens is 1. The first-order valence-electron chi connectivity index (χ1n) is 5.60. The lowest BCUT2D eigenvalue weighted by Crippen LogP contribution is -2.35. The molecule has 0 aromatic heterocycles. The van der Waals surface area contributed by atoms with Gasteiger partial charge in [0.2, 0.25) is 0 Å². The summed E-state index contributed by atoms with van der Waals surface area (Å²) in [5.74, 6) is -0.336. The van der Waals surface area contributed by atoms with Crippen molar-refractivity contribution in [1.29, 1.82) is 0 Å². The molecule has 1 N–H and O–H groups in total. The second-order valence-electron chi connectivity index (χ2n) is 4.15. The van der Waals surface area contributed by atoms with Crippen LogP contribution in [0.5, 0.6) is 0 Å². The molecule has 0 aliphatic carbocycles. The highest BCUT2D eigenvalue weighted by molar-refractivity contribution is 6.31. The van der Waals surface area contributed by atoms with Gasteiger partial charge < -0.3 is 10.1 Å². The van der Waals surface area contributed by atoms with E-state index in [0.29, 0.717) is 10.6 Å².